The summed E-state index contributed by atoms with van der Waals surface area (Å²) in [5, 5.41) is 0. The van der Waals surface area contributed by atoms with E-state index in [4.69, 9.17) is 0 Å². The van der Waals surface area contributed by atoms with E-state index in [9.17, 15) is 0 Å². The molecule has 0 spiro atoms. The molecule has 0 aliphatic heterocycles. The van der Waals surface area contributed by atoms with E-state index in [1.165, 1.54) is 17.5 Å². The Bertz CT molecular complexity index is 448. The first-order valence-electron chi connectivity index (χ1n) is 6.71. The SMILES string of the molecule is CC(C)C(CCc1ccccc1)c1ccncc1. The zero-order valence-electron chi connectivity index (χ0n) is 11.2. The summed E-state index contributed by atoms with van der Waals surface area (Å²) < 4.78 is 0. The predicted molar refractivity (Wildman–Crippen MR) is 76.6 cm³/mol. The van der Waals surface area contributed by atoms with E-state index in [0.29, 0.717) is 11.8 Å². The lowest BCUT2D eigenvalue weighted by Gasteiger charge is -2.21. The monoisotopic (exact) mass is 239 g/mol. The largest absolute Gasteiger partial charge is 0.265 e. The molecule has 2 aromatic rings. The van der Waals surface area contributed by atoms with Gasteiger partial charge in [0, 0.05) is 12.4 Å². The molecule has 0 amide bonds. The van der Waals surface area contributed by atoms with E-state index >= 15 is 0 Å². The highest BCUT2D eigenvalue weighted by molar-refractivity contribution is 5.19. The van der Waals surface area contributed by atoms with Crippen LogP contribution in [0.5, 0.6) is 0 Å². The minimum atomic E-state index is 0.619. The summed E-state index contributed by atoms with van der Waals surface area (Å²) in [6.07, 6.45) is 6.14. The molecule has 94 valence electrons. The highest BCUT2D eigenvalue weighted by Crippen LogP contribution is 2.28. The summed E-state index contributed by atoms with van der Waals surface area (Å²) in [7, 11) is 0. The summed E-state index contributed by atoms with van der Waals surface area (Å²) in [5.74, 6) is 1.28. The van der Waals surface area contributed by atoms with Gasteiger partial charge in [-0.3, -0.25) is 4.98 Å². The van der Waals surface area contributed by atoms with Crippen LogP contribution in [0, 0.1) is 5.92 Å². The van der Waals surface area contributed by atoms with Crippen molar-refractivity contribution in [2.24, 2.45) is 5.92 Å². The van der Waals surface area contributed by atoms with Crippen LogP contribution in [-0.2, 0) is 6.42 Å². The quantitative estimate of drug-likeness (QED) is 0.751. The summed E-state index contributed by atoms with van der Waals surface area (Å²) >= 11 is 0. The fourth-order valence-corrected chi connectivity index (χ4v) is 2.46. The molecule has 0 N–H and O–H groups in total. The first kappa shape index (κ1) is 12.8. The van der Waals surface area contributed by atoms with Gasteiger partial charge in [-0.15, -0.1) is 0 Å². The number of rotatable bonds is 5. The van der Waals surface area contributed by atoms with Crippen molar-refractivity contribution >= 4 is 0 Å². The third-order valence-corrected chi connectivity index (χ3v) is 3.53. The van der Waals surface area contributed by atoms with Crippen molar-refractivity contribution in [1.82, 2.24) is 4.98 Å². The Kier molecular flexibility index (Phi) is 4.52. The van der Waals surface area contributed by atoms with E-state index < -0.39 is 0 Å². The molecule has 1 unspecified atom stereocenters. The highest BCUT2D eigenvalue weighted by atomic mass is 14.6. The summed E-state index contributed by atoms with van der Waals surface area (Å²) in [6.45, 7) is 4.60. The van der Waals surface area contributed by atoms with Crippen LogP contribution in [0.25, 0.3) is 0 Å². The first-order valence-corrected chi connectivity index (χ1v) is 6.71. The second-order valence-electron chi connectivity index (χ2n) is 5.16. The van der Waals surface area contributed by atoms with Crippen LogP contribution in [0.2, 0.25) is 0 Å². The number of benzene rings is 1. The molecule has 1 nitrogen and oxygen atoms in total. The van der Waals surface area contributed by atoms with Crippen molar-refractivity contribution in [3.05, 3.63) is 66.0 Å². The van der Waals surface area contributed by atoms with Gasteiger partial charge in [0.15, 0.2) is 0 Å². The molecule has 0 aliphatic rings. The van der Waals surface area contributed by atoms with Crippen molar-refractivity contribution < 1.29 is 0 Å². The molecule has 1 atom stereocenters. The third kappa shape index (κ3) is 3.43. The van der Waals surface area contributed by atoms with Crippen LogP contribution in [-0.4, -0.2) is 4.98 Å². The zero-order valence-corrected chi connectivity index (χ0v) is 11.2. The van der Waals surface area contributed by atoms with E-state index in [1.807, 2.05) is 12.4 Å². The van der Waals surface area contributed by atoms with Gasteiger partial charge in [0.05, 0.1) is 0 Å². The molecule has 0 bridgehead atoms. The average Bonchev–Trinajstić information content (AvgIpc) is 2.41. The molecular formula is C17H21N. The molecule has 0 fully saturated rings. The van der Waals surface area contributed by atoms with Crippen molar-refractivity contribution in [3.63, 3.8) is 0 Å². The summed E-state index contributed by atoms with van der Waals surface area (Å²) in [6, 6.07) is 15.0. The van der Waals surface area contributed by atoms with E-state index in [1.54, 1.807) is 0 Å². The molecule has 1 aromatic carbocycles. The van der Waals surface area contributed by atoms with Crippen molar-refractivity contribution in [2.45, 2.75) is 32.6 Å². The van der Waals surface area contributed by atoms with Gasteiger partial charge in [0.2, 0.25) is 0 Å². The Balaban J connectivity index is 2.04. The number of aromatic nitrogens is 1. The number of hydrogen-bond donors (Lipinski definition) is 0. The number of hydrogen-bond acceptors (Lipinski definition) is 1. The van der Waals surface area contributed by atoms with E-state index in [-0.39, 0.29) is 0 Å². The molecule has 2 rings (SSSR count). The zero-order chi connectivity index (χ0) is 12.8. The Morgan fingerprint density at radius 1 is 0.944 bits per heavy atom. The van der Waals surface area contributed by atoms with Gasteiger partial charge in [-0.25, -0.2) is 0 Å². The normalized spacial score (nSPS) is 12.6. The number of aryl methyl sites for hydroxylation is 1. The molecule has 0 saturated heterocycles. The molecule has 0 radical (unpaired) electrons. The standard InChI is InChI=1S/C17H21N/c1-14(2)17(16-10-12-18-13-11-16)9-8-15-6-4-3-5-7-15/h3-7,10-14,17H,8-9H2,1-2H3. The molecule has 1 aromatic heterocycles. The Hall–Kier alpha value is -1.63. The minimum absolute atomic E-state index is 0.619. The predicted octanol–water partition coefficient (Wildman–Crippen LogP) is 4.45. The topological polar surface area (TPSA) is 12.9 Å². The molecule has 0 saturated carbocycles. The fourth-order valence-electron chi connectivity index (χ4n) is 2.46. The van der Waals surface area contributed by atoms with Crippen LogP contribution >= 0.6 is 0 Å². The summed E-state index contributed by atoms with van der Waals surface area (Å²) in [5.41, 5.74) is 2.84. The molecule has 1 heteroatoms. The Morgan fingerprint density at radius 3 is 2.22 bits per heavy atom. The van der Waals surface area contributed by atoms with Gasteiger partial charge < -0.3 is 0 Å². The van der Waals surface area contributed by atoms with Crippen LogP contribution in [0.3, 0.4) is 0 Å². The molecule has 1 heterocycles. The maximum Gasteiger partial charge on any atom is 0.0270 e. The second kappa shape index (κ2) is 6.34. The maximum atomic E-state index is 4.11. The van der Waals surface area contributed by atoms with Gasteiger partial charge in [-0.1, -0.05) is 44.2 Å². The second-order valence-corrected chi connectivity index (χ2v) is 5.16. The lowest BCUT2D eigenvalue weighted by atomic mass is 9.84. The minimum Gasteiger partial charge on any atom is -0.265 e. The molecular weight excluding hydrogens is 218 g/mol. The van der Waals surface area contributed by atoms with Crippen molar-refractivity contribution in [2.75, 3.05) is 0 Å². The van der Waals surface area contributed by atoms with Crippen LogP contribution in [0.4, 0.5) is 0 Å². The van der Waals surface area contributed by atoms with Crippen LogP contribution < -0.4 is 0 Å². The maximum absolute atomic E-state index is 4.11. The number of nitrogens with zero attached hydrogens (tertiary/aromatic N) is 1. The lowest BCUT2D eigenvalue weighted by Crippen LogP contribution is -2.08. The lowest BCUT2D eigenvalue weighted by molar-refractivity contribution is 0.468. The fraction of sp³-hybridized carbons (Fsp3) is 0.353. The van der Waals surface area contributed by atoms with Gasteiger partial charge in [-0.2, -0.15) is 0 Å². The van der Waals surface area contributed by atoms with E-state index in [2.05, 4.69) is 61.3 Å². The van der Waals surface area contributed by atoms with Crippen LogP contribution in [0.15, 0.2) is 54.9 Å². The van der Waals surface area contributed by atoms with E-state index in [0.717, 1.165) is 6.42 Å². The highest BCUT2D eigenvalue weighted by Gasteiger charge is 2.15. The van der Waals surface area contributed by atoms with Crippen molar-refractivity contribution in [3.8, 4) is 0 Å². The third-order valence-electron chi connectivity index (χ3n) is 3.53. The van der Waals surface area contributed by atoms with Crippen molar-refractivity contribution in [1.29, 1.82) is 0 Å². The summed E-state index contributed by atoms with van der Waals surface area (Å²) in [4.78, 5) is 4.11. The average molecular weight is 239 g/mol. The molecule has 18 heavy (non-hydrogen) atoms. The first-order chi connectivity index (χ1) is 8.77. The Labute approximate surface area is 110 Å². The van der Waals surface area contributed by atoms with Gasteiger partial charge in [0.25, 0.3) is 0 Å². The van der Waals surface area contributed by atoms with Gasteiger partial charge in [-0.05, 0) is 47.9 Å². The van der Waals surface area contributed by atoms with Crippen LogP contribution in [0.1, 0.15) is 37.3 Å². The smallest absolute Gasteiger partial charge is 0.0270 e. The molecule has 0 aliphatic carbocycles. The Morgan fingerprint density at radius 2 is 1.61 bits per heavy atom. The number of pyridine rings is 1. The van der Waals surface area contributed by atoms with Gasteiger partial charge in [0.1, 0.15) is 0 Å². The van der Waals surface area contributed by atoms with Gasteiger partial charge >= 0.3 is 0 Å².